The quantitative estimate of drug-likeness (QED) is 0.351. The van der Waals surface area contributed by atoms with Crippen molar-refractivity contribution in [1.82, 2.24) is 0 Å². The molecule has 0 bridgehead atoms. The number of hydrogen-bond donors (Lipinski definition) is 0. The van der Waals surface area contributed by atoms with Crippen molar-refractivity contribution in [3.05, 3.63) is 69.0 Å². The second kappa shape index (κ2) is 7.88. The monoisotopic (exact) mass is 443 g/mol. The molecule has 0 saturated carbocycles. The first-order chi connectivity index (χ1) is 15.4. The average molecular weight is 444 g/mol. The Labute approximate surface area is 198 Å². The minimum Gasteiger partial charge on any atom is -0.371 e. The summed E-state index contributed by atoms with van der Waals surface area (Å²) in [6, 6.07) is 4.09. The van der Waals surface area contributed by atoms with Gasteiger partial charge in [-0.3, -0.25) is 0 Å². The Bertz CT molecular complexity index is 1160. The summed E-state index contributed by atoms with van der Waals surface area (Å²) in [5, 5.41) is 9.35. The van der Waals surface area contributed by atoms with Crippen molar-refractivity contribution in [2.24, 2.45) is 5.41 Å². The van der Waals surface area contributed by atoms with E-state index in [1.165, 1.54) is 5.56 Å². The first-order valence-electron chi connectivity index (χ1n) is 11.9. The van der Waals surface area contributed by atoms with Gasteiger partial charge in [-0.05, 0) is 64.7 Å². The molecule has 0 aromatic heterocycles. The zero-order valence-electron chi connectivity index (χ0n) is 20.8. The summed E-state index contributed by atoms with van der Waals surface area (Å²) in [6.07, 6.45) is 9.38. The Kier molecular flexibility index (Phi) is 5.57. The molecule has 0 N–H and O–H groups in total. The molecular formula is C29H34FN3. The van der Waals surface area contributed by atoms with Gasteiger partial charge < -0.3 is 4.90 Å². The van der Waals surface area contributed by atoms with E-state index in [0.717, 1.165) is 54.7 Å². The van der Waals surface area contributed by atoms with E-state index >= 15 is 4.39 Å². The summed E-state index contributed by atoms with van der Waals surface area (Å²) >= 11 is 0. The zero-order chi connectivity index (χ0) is 24.2. The molecule has 172 valence electrons. The first-order valence-corrected chi connectivity index (χ1v) is 11.9. The maximum atomic E-state index is 16.0. The number of nitrogens with zero attached hydrogens (tertiary/aromatic N) is 3. The van der Waals surface area contributed by atoms with E-state index in [-0.39, 0.29) is 27.8 Å². The molecule has 2 heterocycles. The molecular weight excluding hydrogens is 409 g/mol. The molecule has 1 aliphatic carbocycles. The standard InChI is InChI=1S/C29H34FN3/c1-27(2)16-19(14-21(17-27)23(18-31)32-7)8-9-20-15-22-26-24(25(20)30)29(5,6)11-13-33(26)12-10-28(22,3)4/h8-9,14-15H,10-13,16-17H2,1-6H3. The van der Waals surface area contributed by atoms with E-state index in [0.29, 0.717) is 12.0 Å². The molecule has 0 radical (unpaired) electrons. The van der Waals surface area contributed by atoms with Crippen LogP contribution in [0, 0.1) is 29.1 Å². The smallest absolute Gasteiger partial charge is 0.265 e. The molecule has 1 aromatic carbocycles. The van der Waals surface area contributed by atoms with Crippen LogP contribution in [0.1, 0.15) is 83.9 Å². The number of hydrogen-bond acceptors (Lipinski definition) is 2. The highest BCUT2D eigenvalue weighted by Crippen LogP contribution is 2.51. The predicted molar refractivity (Wildman–Crippen MR) is 133 cm³/mol. The predicted octanol–water partition coefficient (Wildman–Crippen LogP) is 7.45. The lowest BCUT2D eigenvalue weighted by atomic mass is 9.69. The van der Waals surface area contributed by atoms with Crippen LogP contribution in [0.4, 0.5) is 10.1 Å². The minimum atomic E-state index is -0.207. The van der Waals surface area contributed by atoms with Gasteiger partial charge >= 0.3 is 0 Å². The number of halogens is 1. The Hall–Kier alpha value is -2.85. The molecule has 3 aliphatic rings. The second-order valence-electron chi connectivity index (χ2n) is 12.0. The second-order valence-corrected chi connectivity index (χ2v) is 12.0. The van der Waals surface area contributed by atoms with Crippen LogP contribution in [-0.4, -0.2) is 13.1 Å². The van der Waals surface area contributed by atoms with E-state index in [1.54, 1.807) is 0 Å². The summed E-state index contributed by atoms with van der Waals surface area (Å²) in [4.78, 5) is 5.80. The highest BCUT2D eigenvalue weighted by molar-refractivity contribution is 5.73. The van der Waals surface area contributed by atoms with E-state index < -0.39 is 0 Å². The molecule has 0 amide bonds. The lowest BCUT2D eigenvalue weighted by Gasteiger charge is -2.48. The molecule has 0 atom stereocenters. The largest absolute Gasteiger partial charge is 0.371 e. The van der Waals surface area contributed by atoms with Crippen LogP contribution < -0.4 is 4.90 Å². The van der Waals surface area contributed by atoms with Crippen LogP contribution >= 0.6 is 0 Å². The van der Waals surface area contributed by atoms with Gasteiger partial charge in [0, 0.05) is 29.9 Å². The molecule has 2 aliphatic heterocycles. The molecule has 1 aromatic rings. The van der Waals surface area contributed by atoms with Crippen molar-refractivity contribution >= 4 is 11.8 Å². The fourth-order valence-corrected chi connectivity index (χ4v) is 5.76. The van der Waals surface area contributed by atoms with Gasteiger partial charge in [0.1, 0.15) is 5.82 Å². The Morgan fingerprint density at radius 3 is 2.39 bits per heavy atom. The average Bonchev–Trinajstić information content (AvgIpc) is 2.71. The normalized spacial score (nSPS) is 23.9. The van der Waals surface area contributed by atoms with Crippen LogP contribution in [0.25, 0.3) is 10.9 Å². The Morgan fingerprint density at radius 2 is 1.76 bits per heavy atom. The lowest BCUT2D eigenvalue weighted by Crippen LogP contribution is -2.45. The van der Waals surface area contributed by atoms with Gasteiger partial charge in [0.05, 0.1) is 12.6 Å². The summed E-state index contributed by atoms with van der Waals surface area (Å²) in [5.74, 6) is -0.109. The van der Waals surface area contributed by atoms with Crippen molar-refractivity contribution in [2.75, 3.05) is 18.0 Å². The van der Waals surface area contributed by atoms with Gasteiger partial charge in [0.25, 0.3) is 5.70 Å². The fraction of sp³-hybridized carbons (Fsp3) is 0.517. The Balaban J connectivity index is 1.84. The maximum absolute atomic E-state index is 16.0. The summed E-state index contributed by atoms with van der Waals surface area (Å²) in [5.41, 5.74) is 5.57. The molecule has 4 heteroatoms. The summed E-state index contributed by atoms with van der Waals surface area (Å²) in [7, 11) is 0. The van der Waals surface area contributed by atoms with E-state index in [2.05, 4.69) is 57.4 Å². The number of benzene rings is 1. The van der Waals surface area contributed by atoms with Gasteiger partial charge in [-0.2, -0.15) is 0 Å². The van der Waals surface area contributed by atoms with Crippen molar-refractivity contribution < 1.29 is 4.39 Å². The number of nitriles is 1. The topological polar surface area (TPSA) is 31.4 Å². The van der Waals surface area contributed by atoms with Crippen LogP contribution in [0.2, 0.25) is 0 Å². The van der Waals surface area contributed by atoms with Gasteiger partial charge in [-0.25, -0.2) is 14.5 Å². The highest BCUT2D eigenvalue weighted by atomic mass is 19.1. The van der Waals surface area contributed by atoms with E-state index in [4.69, 9.17) is 6.57 Å². The number of rotatable bonds is 2. The molecule has 4 rings (SSSR count). The van der Waals surface area contributed by atoms with E-state index in [1.807, 2.05) is 24.3 Å². The summed E-state index contributed by atoms with van der Waals surface area (Å²) < 4.78 is 16.0. The third kappa shape index (κ3) is 4.13. The third-order valence-electron chi connectivity index (χ3n) is 7.71. The van der Waals surface area contributed by atoms with Crippen LogP contribution in [0.15, 0.2) is 35.1 Å². The van der Waals surface area contributed by atoms with Crippen molar-refractivity contribution in [3.63, 3.8) is 0 Å². The lowest BCUT2D eigenvalue weighted by molar-refractivity contribution is 0.354. The van der Waals surface area contributed by atoms with Gasteiger partial charge in [-0.1, -0.05) is 59.8 Å². The van der Waals surface area contributed by atoms with Crippen LogP contribution in [0.3, 0.4) is 0 Å². The molecule has 0 saturated heterocycles. The molecule has 3 nitrogen and oxygen atoms in total. The maximum Gasteiger partial charge on any atom is 0.265 e. The van der Waals surface area contributed by atoms with Gasteiger partial charge in [0.15, 0.2) is 0 Å². The molecule has 0 unspecified atom stereocenters. The molecule has 33 heavy (non-hydrogen) atoms. The minimum absolute atomic E-state index is 0.00360. The highest BCUT2D eigenvalue weighted by Gasteiger charge is 2.42. The summed E-state index contributed by atoms with van der Waals surface area (Å²) in [6.45, 7) is 22.5. The van der Waals surface area contributed by atoms with Gasteiger partial charge in [-0.15, -0.1) is 0 Å². The number of anilines is 1. The first kappa shape index (κ1) is 23.3. The van der Waals surface area contributed by atoms with Crippen molar-refractivity contribution in [2.45, 2.75) is 78.1 Å². The Morgan fingerprint density at radius 1 is 1.09 bits per heavy atom. The van der Waals surface area contributed by atoms with Gasteiger partial charge in [0.2, 0.25) is 0 Å². The van der Waals surface area contributed by atoms with E-state index in [9.17, 15) is 5.26 Å². The van der Waals surface area contributed by atoms with Crippen molar-refractivity contribution in [3.8, 4) is 6.07 Å². The van der Waals surface area contributed by atoms with Crippen LogP contribution in [-0.2, 0) is 10.8 Å². The SMILES string of the molecule is [C-]#[N+]C(C#N)=C1C=C(C=Cc2cc3c4c(c2F)C(C)(C)CCN4CCC3(C)C)CC(C)(C)C1. The third-order valence-corrected chi connectivity index (χ3v) is 7.71. The zero-order valence-corrected chi connectivity index (χ0v) is 20.8. The molecule has 0 spiro atoms. The fourth-order valence-electron chi connectivity index (χ4n) is 5.76. The molecule has 0 fully saturated rings. The van der Waals surface area contributed by atoms with Crippen molar-refractivity contribution in [1.29, 1.82) is 5.26 Å². The van der Waals surface area contributed by atoms with Crippen LogP contribution in [0.5, 0.6) is 0 Å². The number of allylic oxidation sites excluding steroid dienone is 5.